The lowest BCUT2D eigenvalue weighted by molar-refractivity contribution is 0.518. The van der Waals surface area contributed by atoms with Crippen LogP contribution in [-0.4, -0.2) is 9.97 Å². The molecule has 2 aromatic heterocycles. The van der Waals surface area contributed by atoms with Gasteiger partial charge in [-0.15, -0.1) is 0 Å². The number of furan rings is 1. The average Bonchev–Trinajstić information content (AvgIpc) is 3.03. The minimum absolute atomic E-state index is 0.543. The molecule has 0 saturated heterocycles. The molecule has 0 saturated carbocycles. The van der Waals surface area contributed by atoms with Crippen molar-refractivity contribution in [2.24, 2.45) is 0 Å². The van der Waals surface area contributed by atoms with Crippen LogP contribution in [0.15, 0.2) is 53.4 Å². The molecule has 3 aromatic rings. The van der Waals surface area contributed by atoms with Crippen molar-refractivity contribution in [2.45, 2.75) is 6.54 Å². The third-order valence-corrected chi connectivity index (χ3v) is 3.45. The second-order valence-electron chi connectivity index (χ2n) is 4.47. The van der Waals surface area contributed by atoms with Gasteiger partial charge in [0.15, 0.2) is 0 Å². The first kappa shape index (κ1) is 14.7. The number of anilines is 3. The van der Waals surface area contributed by atoms with Crippen LogP contribution in [0.25, 0.3) is 0 Å². The first-order chi connectivity index (χ1) is 10.7. The lowest BCUT2D eigenvalue weighted by Gasteiger charge is -2.09. The summed E-state index contributed by atoms with van der Waals surface area (Å²) in [5, 5.41) is 7.43. The molecule has 0 amide bonds. The summed E-state index contributed by atoms with van der Waals surface area (Å²) < 4.78 is 5.26. The second kappa shape index (κ2) is 6.68. The lowest BCUT2D eigenvalue weighted by atomic mass is 10.3. The smallest absolute Gasteiger partial charge is 0.135 e. The van der Waals surface area contributed by atoms with E-state index in [2.05, 4.69) is 20.6 Å². The number of benzene rings is 1. The van der Waals surface area contributed by atoms with E-state index in [4.69, 9.17) is 27.6 Å². The number of nitrogens with zero attached hydrogens (tertiary/aromatic N) is 2. The SMILES string of the molecule is Clc1ccc(Cl)c(Nc2cc(NCc3ccco3)ncn2)c1. The summed E-state index contributed by atoms with van der Waals surface area (Å²) in [6, 6.07) is 10.7. The number of aromatic nitrogens is 2. The van der Waals surface area contributed by atoms with Gasteiger partial charge in [0.2, 0.25) is 0 Å². The van der Waals surface area contributed by atoms with E-state index in [9.17, 15) is 0 Å². The van der Waals surface area contributed by atoms with Gasteiger partial charge in [-0.05, 0) is 30.3 Å². The van der Waals surface area contributed by atoms with Crippen LogP contribution in [-0.2, 0) is 6.54 Å². The Morgan fingerprint density at radius 3 is 2.73 bits per heavy atom. The third kappa shape index (κ3) is 3.69. The monoisotopic (exact) mass is 334 g/mol. The van der Waals surface area contributed by atoms with Gasteiger partial charge in [-0.2, -0.15) is 0 Å². The van der Waals surface area contributed by atoms with Crippen LogP contribution in [0.4, 0.5) is 17.3 Å². The van der Waals surface area contributed by atoms with E-state index in [0.717, 1.165) is 5.76 Å². The topological polar surface area (TPSA) is 63.0 Å². The van der Waals surface area contributed by atoms with E-state index < -0.39 is 0 Å². The van der Waals surface area contributed by atoms with Crippen LogP contribution < -0.4 is 10.6 Å². The van der Waals surface area contributed by atoms with Crippen LogP contribution in [0.2, 0.25) is 10.0 Å². The molecule has 0 aliphatic carbocycles. The Bertz CT molecular complexity index is 762. The van der Waals surface area contributed by atoms with E-state index in [1.165, 1.54) is 6.33 Å². The molecule has 1 aromatic carbocycles. The summed E-state index contributed by atoms with van der Waals surface area (Å²) in [7, 11) is 0. The highest BCUT2D eigenvalue weighted by Crippen LogP contribution is 2.28. The van der Waals surface area contributed by atoms with Gasteiger partial charge in [0.25, 0.3) is 0 Å². The zero-order valence-electron chi connectivity index (χ0n) is 11.4. The number of halogens is 2. The van der Waals surface area contributed by atoms with Gasteiger partial charge in [-0.25, -0.2) is 9.97 Å². The van der Waals surface area contributed by atoms with Gasteiger partial charge in [0, 0.05) is 11.1 Å². The van der Waals surface area contributed by atoms with Crippen molar-refractivity contribution in [2.75, 3.05) is 10.6 Å². The molecular formula is C15H12Cl2N4O. The Morgan fingerprint density at radius 2 is 1.91 bits per heavy atom. The van der Waals surface area contributed by atoms with Gasteiger partial charge in [0.1, 0.15) is 23.7 Å². The molecule has 3 rings (SSSR count). The largest absolute Gasteiger partial charge is 0.467 e. The Morgan fingerprint density at radius 1 is 1.05 bits per heavy atom. The van der Waals surface area contributed by atoms with Crippen molar-refractivity contribution in [1.29, 1.82) is 0 Å². The summed E-state index contributed by atoms with van der Waals surface area (Å²) in [5.41, 5.74) is 0.685. The number of nitrogens with one attached hydrogen (secondary N) is 2. The molecule has 0 fully saturated rings. The van der Waals surface area contributed by atoms with Gasteiger partial charge in [0.05, 0.1) is 23.5 Å². The molecule has 0 atom stereocenters. The van der Waals surface area contributed by atoms with Gasteiger partial charge < -0.3 is 15.1 Å². The molecule has 2 N–H and O–H groups in total. The summed E-state index contributed by atoms with van der Waals surface area (Å²) >= 11 is 12.1. The highest BCUT2D eigenvalue weighted by atomic mass is 35.5. The number of hydrogen-bond acceptors (Lipinski definition) is 5. The van der Waals surface area contributed by atoms with Crippen molar-refractivity contribution in [1.82, 2.24) is 9.97 Å². The highest BCUT2D eigenvalue weighted by molar-refractivity contribution is 6.35. The fourth-order valence-corrected chi connectivity index (χ4v) is 2.18. The molecule has 112 valence electrons. The third-order valence-electron chi connectivity index (χ3n) is 2.88. The summed E-state index contributed by atoms with van der Waals surface area (Å²) in [6.45, 7) is 0.543. The number of hydrogen-bond donors (Lipinski definition) is 2. The van der Waals surface area contributed by atoms with Gasteiger partial charge in [-0.3, -0.25) is 0 Å². The molecule has 0 spiro atoms. The fraction of sp³-hybridized carbons (Fsp3) is 0.0667. The first-order valence-corrected chi connectivity index (χ1v) is 7.27. The van der Waals surface area contributed by atoms with Crippen LogP contribution in [0.5, 0.6) is 0 Å². The molecule has 0 aliphatic heterocycles. The van der Waals surface area contributed by atoms with Crippen LogP contribution in [0.3, 0.4) is 0 Å². The zero-order chi connectivity index (χ0) is 15.4. The Labute approximate surface area is 137 Å². The molecule has 5 nitrogen and oxygen atoms in total. The first-order valence-electron chi connectivity index (χ1n) is 6.51. The standard InChI is InChI=1S/C15H12Cl2N4O/c16-10-3-4-12(17)13(6-10)21-15-7-14(19-9-20-15)18-8-11-2-1-5-22-11/h1-7,9H,8H2,(H2,18,19,20,21). The van der Waals surface area contributed by atoms with E-state index in [-0.39, 0.29) is 0 Å². The van der Waals surface area contributed by atoms with Crippen molar-refractivity contribution in [3.8, 4) is 0 Å². The summed E-state index contributed by atoms with van der Waals surface area (Å²) in [5.74, 6) is 2.11. The number of rotatable bonds is 5. The maximum atomic E-state index is 6.12. The van der Waals surface area contributed by atoms with Crippen molar-refractivity contribution < 1.29 is 4.42 Å². The highest BCUT2D eigenvalue weighted by Gasteiger charge is 2.04. The van der Waals surface area contributed by atoms with Crippen molar-refractivity contribution in [3.63, 3.8) is 0 Å². The molecule has 0 unspecified atom stereocenters. The fourth-order valence-electron chi connectivity index (χ4n) is 1.84. The minimum atomic E-state index is 0.543. The quantitative estimate of drug-likeness (QED) is 0.706. The van der Waals surface area contributed by atoms with Crippen LogP contribution >= 0.6 is 23.2 Å². The van der Waals surface area contributed by atoms with Gasteiger partial charge >= 0.3 is 0 Å². The summed E-state index contributed by atoms with van der Waals surface area (Å²) in [4.78, 5) is 8.32. The molecule has 0 aliphatic rings. The Hall–Kier alpha value is -2.24. The Kier molecular flexibility index (Phi) is 4.46. The van der Waals surface area contributed by atoms with Crippen LogP contribution in [0, 0.1) is 0 Å². The van der Waals surface area contributed by atoms with E-state index in [1.54, 1.807) is 30.5 Å². The van der Waals surface area contributed by atoms with Crippen LogP contribution in [0.1, 0.15) is 5.76 Å². The van der Waals surface area contributed by atoms with E-state index in [1.807, 2.05) is 12.1 Å². The van der Waals surface area contributed by atoms with Gasteiger partial charge in [-0.1, -0.05) is 23.2 Å². The van der Waals surface area contributed by atoms with E-state index >= 15 is 0 Å². The predicted molar refractivity (Wildman–Crippen MR) is 87.8 cm³/mol. The molecule has 0 radical (unpaired) electrons. The second-order valence-corrected chi connectivity index (χ2v) is 5.31. The predicted octanol–water partition coefficient (Wildman–Crippen LogP) is 4.73. The zero-order valence-corrected chi connectivity index (χ0v) is 12.9. The lowest BCUT2D eigenvalue weighted by Crippen LogP contribution is -2.02. The van der Waals surface area contributed by atoms with E-state index in [0.29, 0.717) is 33.9 Å². The molecule has 22 heavy (non-hydrogen) atoms. The molecule has 2 heterocycles. The normalized spacial score (nSPS) is 10.5. The Balaban J connectivity index is 1.72. The minimum Gasteiger partial charge on any atom is -0.467 e. The van der Waals surface area contributed by atoms with Crippen molar-refractivity contribution in [3.05, 3.63) is 64.8 Å². The molecular weight excluding hydrogens is 323 g/mol. The molecule has 7 heteroatoms. The maximum absolute atomic E-state index is 6.12. The van der Waals surface area contributed by atoms with Crippen molar-refractivity contribution >= 4 is 40.5 Å². The summed E-state index contributed by atoms with van der Waals surface area (Å²) in [6.07, 6.45) is 3.09. The molecule has 0 bridgehead atoms. The average molecular weight is 335 g/mol. The maximum Gasteiger partial charge on any atom is 0.135 e.